The van der Waals surface area contributed by atoms with Crippen LogP contribution in [-0.2, 0) is 11.2 Å². The van der Waals surface area contributed by atoms with Crippen LogP contribution < -0.4 is 5.32 Å². The van der Waals surface area contributed by atoms with Crippen LogP contribution >= 0.6 is 0 Å². The first-order valence-electron chi connectivity index (χ1n) is 8.74. The number of hydrogen-bond donors (Lipinski definition) is 1. The normalized spacial score (nSPS) is 22.7. The van der Waals surface area contributed by atoms with Gasteiger partial charge in [-0.25, -0.2) is 0 Å². The quantitative estimate of drug-likeness (QED) is 0.847. The standard InChI is InChI=1S/C21H27NO/c1-23-21-15-9-8-14-19(21)22-20(18-12-6-3-7-13-18)16-17-10-4-2-5-11-17/h2-7,10-13,19-22H,8-9,14-16H2,1H3/t19-,20-,21+/m0/s1. The summed E-state index contributed by atoms with van der Waals surface area (Å²) in [4.78, 5) is 0. The van der Waals surface area contributed by atoms with Crippen molar-refractivity contribution in [1.82, 2.24) is 5.32 Å². The number of methoxy groups -OCH3 is 1. The molecule has 0 aliphatic heterocycles. The van der Waals surface area contributed by atoms with E-state index in [1.54, 1.807) is 0 Å². The molecule has 0 bridgehead atoms. The van der Waals surface area contributed by atoms with Crippen LogP contribution in [0.25, 0.3) is 0 Å². The third-order valence-electron chi connectivity index (χ3n) is 4.91. The van der Waals surface area contributed by atoms with Crippen LogP contribution in [-0.4, -0.2) is 19.3 Å². The van der Waals surface area contributed by atoms with Gasteiger partial charge in [-0.15, -0.1) is 0 Å². The maximum atomic E-state index is 5.73. The summed E-state index contributed by atoms with van der Waals surface area (Å²) in [6.45, 7) is 0. The van der Waals surface area contributed by atoms with Gasteiger partial charge in [-0.3, -0.25) is 0 Å². The zero-order valence-electron chi connectivity index (χ0n) is 13.9. The zero-order valence-corrected chi connectivity index (χ0v) is 13.9. The van der Waals surface area contributed by atoms with E-state index in [-0.39, 0.29) is 0 Å². The Morgan fingerprint density at radius 1 is 0.957 bits per heavy atom. The number of rotatable bonds is 6. The Bertz CT molecular complexity index is 569. The van der Waals surface area contributed by atoms with Gasteiger partial charge in [0.2, 0.25) is 0 Å². The monoisotopic (exact) mass is 309 g/mol. The second kappa shape index (κ2) is 8.28. The second-order valence-corrected chi connectivity index (χ2v) is 6.48. The molecule has 0 spiro atoms. The summed E-state index contributed by atoms with van der Waals surface area (Å²) in [6.07, 6.45) is 6.30. The molecule has 1 aliphatic rings. The highest BCUT2D eigenvalue weighted by Gasteiger charge is 2.27. The van der Waals surface area contributed by atoms with Gasteiger partial charge in [0.05, 0.1) is 6.10 Å². The molecule has 0 radical (unpaired) electrons. The van der Waals surface area contributed by atoms with Crippen molar-refractivity contribution in [1.29, 1.82) is 0 Å². The van der Waals surface area contributed by atoms with Crippen LogP contribution in [0.15, 0.2) is 60.7 Å². The van der Waals surface area contributed by atoms with Crippen molar-refractivity contribution in [3.05, 3.63) is 71.8 Å². The Morgan fingerprint density at radius 3 is 2.30 bits per heavy atom. The van der Waals surface area contributed by atoms with Crippen molar-refractivity contribution in [2.24, 2.45) is 0 Å². The molecule has 2 aromatic rings. The lowest BCUT2D eigenvalue weighted by atomic mass is 9.90. The minimum atomic E-state index is 0.333. The molecule has 0 amide bonds. The van der Waals surface area contributed by atoms with Crippen molar-refractivity contribution in [3.8, 4) is 0 Å². The number of nitrogens with one attached hydrogen (secondary N) is 1. The van der Waals surface area contributed by atoms with Gasteiger partial charge in [-0.05, 0) is 30.4 Å². The van der Waals surface area contributed by atoms with Crippen molar-refractivity contribution >= 4 is 0 Å². The van der Waals surface area contributed by atoms with Gasteiger partial charge >= 0.3 is 0 Å². The highest BCUT2D eigenvalue weighted by molar-refractivity contribution is 5.24. The Labute approximate surface area is 139 Å². The van der Waals surface area contributed by atoms with Crippen LogP contribution in [0, 0.1) is 0 Å². The van der Waals surface area contributed by atoms with Gasteiger partial charge in [0.1, 0.15) is 0 Å². The first-order valence-corrected chi connectivity index (χ1v) is 8.74. The largest absolute Gasteiger partial charge is 0.380 e. The van der Waals surface area contributed by atoms with E-state index in [1.165, 1.54) is 36.8 Å². The summed E-state index contributed by atoms with van der Waals surface area (Å²) in [7, 11) is 1.85. The van der Waals surface area contributed by atoms with E-state index in [0.717, 1.165) is 6.42 Å². The van der Waals surface area contributed by atoms with Crippen molar-refractivity contribution in [2.45, 2.75) is 50.3 Å². The lowest BCUT2D eigenvalue weighted by Gasteiger charge is -2.34. The Balaban J connectivity index is 1.77. The molecule has 1 fully saturated rings. The van der Waals surface area contributed by atoms with E-state index >= 15 is 0 Å². The van der Waals surface area contributed by atoms with Crippen LogP contribution in [0.2, 0.25) is 0 Å². The van der Waals surface area contributed by atoms with Crippen molar-refractivity contribution in [2.75, 3.05) is 7.11 Å². The smallest absolute Gasteiger partial charge is 0.0724 e. The van der Waals surface area contributed by atoms with Gasteiger partial charge < -0.3 is 10.1 Å². The molecule has 0 saturated heterocycles. The van der Waals surface area contributed by atoms with E-state index in [1.807, 2.05) is 7.11 Å². The maximum absolute atomic E-state index is 5.73. The summed E-state index contributed by atoms with van der Waals surface area (Å²) in [5.41, 5.74) is 2.73. The van der Waals surface area contributed by atoms with E-state index in [0.29, 0.717) is 18.2 Å². The minimum absolute atomic E-state index is 0.333. The highest BCUT2D eigenvalue weighted by atomic mass is 16.5. The Kier molecular flexibility index (Phi) is 5.84. The van der Waals surface area contributed by atoms with Gasteiger partial charge in [0.25, 0.3) is 0 Å². The summed E-state index contributed by atoms with van der Waals surface area (Å²) in [5, 5.41) is 3.90. The van der Waals surface area contributed by atoms with Gasteiger partial charge in [0.15, 0.2) is 0 Å². The van der Waals surface area contributed by atoms with Crippen molar-refractivity contribution < 1.29 is 4.74 Å². The van der Waals surface area contributed by atoms with Crippen molar-refractivity contribution in [3.63, 3.8) is 0 Å². The molecule has 122 valence electrons. The van der Waals surface area contributed by atoms with Gasteiger partial charge in [-0.2, -0.15) is 0 Å². The molecular formula is C21H27NO. The summed E-state index contributed by atoms with van der Waals surface area (Å²) in [6, 6.07) is 22.3. The molecule has 1 saturated carbocycles. The van der Waals surface area contributed by atoms with E-state index in [9.17, 15) is 0 Å². The summed E-state index contributed by atoms with van der Waals surface area (Å²) in [5.74, 6) is 0. The third kappa shape index (κ3) is 4.43. The fourth-order valence-electron chi connectivity index (χ4n) is 3.64. The van der Waals surface area contributed by atoms with E-state index in [4.69, 9.17) is 4.74 Å². The predicted octanol–water partition coefficient (Wildman–Crippen LogP) is 4.52. The SMILES string of the molecule is CO[C@@H]1CCCC[C@@H]1N[C@@H](Cc1ccccc1)c1ccccc1. The fraction of sp³-hybridized carbons (Fsp3) is 0.429. The molecule has 2 aromatic carbocycles. The second-order valence-electron chi connectivity index (χ2n) is 6.48. The maximum Gasteiger partial charge on any atom is 0.0724 e. The molecule has 2 nitrogen and oxygen atoms in total. The minimum Gasteiger partial charge on any atom is -0.380 e. The molecule has 0 heterocycles. The predicted molar refractivity (Wildman–Crippen MR) is 95.5 cm³/mol. The summed E-state index contributed by atoms with van der Waals surface area (Å²) >= 11 is 0. The van der Waals surface area contributed by atoms with Gasteiger partial charge in [0, 0.05) is 19.2 Å². The van der Waals surface area contributed by atoms with Crippen LogP contribution in [0.4, 0.5) is 0 Å². The fourth-order valence-corrected chi connectivity index (χ4v) is 3.64. The average Bonchev–Trinajstić information content (AvgIpc) is 2.63. The summed E-state index contributed by atoms with van der Waals surface area (Å²) < 4.78 is 5.73. The number of ether oxygens (including phenoxy) is 1. The van der Waals surface area contributed by atoms with Gasteiger partial charge in [-0.1, -0.05) is 73.5 Å². The third-order valence-corrected chi connectivity index (χ3v) is 4.91. The molecular weight excluding hydrogens is 282 g/mol. The van der Waals surface area contributed by atoms with E-state index in [2.05, 4.69) is 66.0 Å². The van der Waals surface area contributed by atoms with E-state index < -0.39 is 0 Å². The first-order chi connectivity index (χ1) is 11.4. The van der Waals surface area contributed by atoms with Crippen LogP contribution in [0.1, 0.15) is 42.9 Å². The lowest BCUT2D eigenvalue weighted by Crippen LogP contribution is -2.45. The highest BCUT2D eigenvalue weighted by Crippen LogP contribution is 2.26. The molecule has 0 aromatic heterocycles. The molecule has 3 atom stereocenters. The molecule has 23 heavy (non-hydrogen) atoms. The molecule has 1 aliphatic carbocycles. The Morgan fingerprint density at radius 2 is 1.61 bits per heavy atom. The first kappa shape index (κ1) is 16.2. The zero-order chi connectivity index (χ0) is 15.9. The lowest BCUT2D eigenvalue weighted by molar-refractivity contribution is 0.0376. The van der Waals surface area contributed by atoms with Crippen LogP contribution in [0.5, 0.6) is 0 Å². The average molecular weight is 309 g/mol. The number of benzene rings is 2. The Hall–Kier alpha value is -1.64. The molecule has 1 N–H and O–H groups in total. The molecule has 0 unspecified atom stereocenters. The molecule has 3 rings (SSSR count). The topological polar surface area (TPSA) is 21.3 Å². The van der Waals surface area contributed by atoms with Crippen LogP contribution in [0.3, 0.4) is 0 Å². The number of hydrogen-bond acceptors (Lipinski definition) is 2. The molecule has 2 heteroatoms.